The number of amides is 1. The number of anilines is 1. The van der Waals surface area contributed by atoms with Gasteiger partial charge in [0.1, 0.15) is 23.0 Å². The van der Waals surface area contributed by atoms with Gasteiger partial charge in [0.15, 0.2) is 0 Å². The molecule has 1 atom stereocenters. The summed E-state index contributed by atoms with van der Waals surface area (Å²) in [7, 11) is 8.35. The number of hydrogen-bond acceptors (Lipinski definition) is 7. The first-order chi connectivity index (χ1) is 18.7. The second kappa shape index (κ2) is 11.7. The van der Waals surface area contributed by atoms with E-state index in [9.17, 15) is 14.7 Å². The van der Waals surface area contributed by atoms with Gasteiger partial charge in [-0.05, 0) is 47.9 Å². The molecule has 0 aromatic heterocycles. The zero-order valence-electron chi connectivity index (χ0n) is 22.5. The second-order valence-corrected chi connectivity index (χ2v) is 9.67. The molecule has 9 heteroatoms. The Kier molecular flexibility index (Phi) is 8.35. The van der Waals surface area contributed by atoms with E-state index in [-0.39, 0.29) is 34.2 Å². The number of nitrogens with zero attached hydrogens (tertiary/aromatic N) is 2. The summed E-state index contributed by atoms with van der Waals surface area (Å²) in [5, 5.41) is 11.7. The van der Waals surface area contributed by atoms with Gasteiger partial charge in [-0.15, -0.1) is 0 Å². The Bertz CT molecular complexity index is 1400. The molecule has 1 heterocycles. The van der Waals surface area contributed by atoms with E-state index in [2.05, 4.69) is 0 Å². The summed E-state index contributed by atoms with van der Waals surface area (Å²) in [6.45, 7) is 0.258. The molecule has 4 rings (SSSR count). The van der Waals surface area contributed by atoms with Gasteiger partial charge >= 0.3 is 0 Å². The number of aliphatic hydroxyl groups is 1. The van der Waals surface area contributed by atoms with Gasteiger partial charge in [0, 0.05) is 32.4 Å². The Hall–Kier alpha value is -4.17. The highest BCUT2D eigenvalue weighted by molar-refractivity contribution is 6.46. The molecule has 1 unspecified atom stereocenters. The minimum Gasteiger partial charge on any atom is -0.507 e. The highest BCUT2D eigenvalue weighted by atomic mass is 35.5. The number of halogens is 1. The van der Waals surface area contributed by atoms with Crippen molar-refractivity contribution in [3.8, 4) is 17.2 Å². The average molecular weight is 551 g/mol. The van der Waals surface area contributed by atoms with Gasteiger partial charge in [0.2, 0.25) is 0 Å². The number of Topliss-reactive ketones (excluding diaryl/α,β-unsaturated/α-hetero) is 1. The van der Waals surface area contributed by atoms with Crippen molar-refractivity contribution in [2.45, 2.75) is 12.5 Å². The fourth-order valence-corrected chi connectivity index (χ4v) is 4.88. The topological polar surface area (TPSA) is 88.5 Å². The number of ether oxygens (including phenoxy) is 3. The molecule has 39 heavy (non-hydrogen) atoms. The van der Waals surface area contributed by atoms with Gasteiger partial charge < -0.3 is 29.1 Å². The normalized spacial score (nSPS) is 16.4. The molecule has 1 aliphatic heterocycles. The molecule has 0 bridgehead atoms. The monoisotopic (exact) mass is 550 g/mol. The Morgan fingerprint density at radius 1 is 0.923 bits per heavy atom. The van der Waals surface area contributed by atoms with E-state index < -0.39 is 17.7 Å². The molecule has 0 saturated carbocycles. The Labute approximate surface area is 233 Å². The van der Waals surface area contributed by atoms with Crippen LogP contribution >= 0.6 is 11.6 Å². The summed E-state index contributed by atoms with van der Waals surface area (Å²) in [5.74, 6) is -0.514. The highest BCUT2D eigenvalue weighted by Gasteiger charge is 2.46. The fraction of sp³-hybridized carbons (Fsp3) is 0.267. The number of hydrogen-bond donors (Lipinski definition) is 1. The lowest BCUT2D eigenvalue weighted by Gasteiger charge is -2.26. The molecule has 1 saturated heterocycles. The van der Waals surface area contributed by atoms with Crippen LogP contribution in [0.3, 0.4) is 0 Å². The van der Waals surface area contributed by atoms with Crippen LogP contribution in [0.5, 0.6) is 17.2 Å². The van der Waals surface area contributed by atoms with Crippen molar-refractivity contribution in [1.82, 2.24) is 4.90 Å². The maximum absolute atomic E-state index is 13.5. The number of benzene rings is 3. The van der Waals surface area contributed by atoms with Gasteiger partial charge in [-0.25, -0.2) is 0 Å². The molecular formula is C30H31ClN2O6. The third-order valence-corrected chi connectivity index (χ3v) is 7.09. The largest absolute Gasteiger partial charge is 0.507 e. The lowest BCUT2D eigenvalue weighted by molar-refractivity contribution is -0.139. The van der Waals surface area contributed by atoms with Crippen molar-refractivity contribution in [2.24, 2.45) is 0 Å². The van der Waals surface area contributed by atoms with Crippen LogP contribution < -0.4 is 19.1 Å². The molecule has 1 N–H and O–H groups in total. The first-order valence-electron chi connectivity index (χ1n) is 12.3. The van der Waals surface area contributed by atoms with Crippen molar-refractivity contribution in [1.29, 1.82) is 0 Å². The molecule has 8 nitrogen and oxygen atoms in total. The van der Waals surface area contributed by atoms with Crippen LogP contribution in [0.15, 0.2) is 66.2 Å². The van der Waals surface area contributed by atoms with Crippen molar-refractivity contribution < 1.29 is 28.9 Å². The molecule has 3 aromatic carbocycles. The summed E-state index contributed by atoms with van der Waals surface area (Å²) < 4.78 is 16.0. The quantitative estimate of drug-likeness (QED) is 0.225. The number of carbonyl (C=O) groups is 2. The molecular weight excluding hydrogens is 520 g/mol. The number of rotatable bonds is 9. The third kappa shape index (κ3) is 5.52. The van der Waals surface area contributed by atoms with Crippen LogP contribution in [0.25, 0.3) is 5.76 Å². The lowest BCUT2D eigenvalue weighted by atomic mass is 9.94. The predicted octanol–water partition coefficient (Wildman–Crippen LogP) is 5.10. The van der Waals surface area contributed by atoms with Crippen LogP contribution in [-0.2, 0) is 16.0 Å². The minimum absolute atomic E-state index is 0.0353. The maximum Gasteiger partial charge on any atom is 0.295 e. The first-order valence-corrected chi connectivity index (χ1v) is 12.7. The summed E-state index contributed by atoms with van der Waals surface area (Å²) >= 11 is 6.35. The average Bonchev–Trinajstić information content (AvgIpc) is 3.20. The van der Waals surface area contributed by atoms with Crippen LogP contribution in [0, 0.1) is 0 Å². The minimum atomic E-state index is -0.815. The van der Waals surface area contributed by atoms with Crippen LogP contribution in [0.4, 0.5) is 5.69 Å². The smallest absolute Gasteiger partial charge is 0.295 e. The number of ketones is 1. The van der Waals surface area contributed by atoms with E-state index in [1.165, 1.54) is 31.3 Å². The SMILES string of the molecule is COc1ccc(CCN2C(=O)C(=O)/C(=C(/O)c3cc(Cl)c(OC)cc3OC)C2c2ccc(N(C)C)cc2)cc1. The third-order valence-electron chi connectivity index (χ3n) is 6.79. The van der Waals surface area contributed by atoms with E-state index >= 15 is 0 Å². The van der Waals surface area contributed by atoms with Crippen LogP contribution in [0.2, 0.25) is 5.02 Å². The Morgan fingerprint density at radius 2 is 1.56 bits per heavy atom. The van der Waals surface area contributed by atoms with Crippen molar-refractivity contribution >= 4 is 34.7 Å². The van der Waals surface area contributed by atoms with Gasteiger partial charge in [-0.3, -0.25) is 9.59 Å². The Morgan fingerprint density at radius 3 is 2.13 bits per heavy atom. The molecule has 1 aliphatic rings. The molecule has 3 aromatic rings. The zero-order valence-corrected chi connectivity index (χ0v) is 23.3. The zero-order chi connectivity index (χ0) is 28.3. The standard InChI is InChI=1S/C30H31ClN2O6/c1-32(2)20-10-8-19(9-11-20)27-26(28(34)22-16-23(31)25(39-5)17-24(22)38-4)29(35)30(36)33(27)15-14-18-6-12-21(37-3)13-7-18/h6-13,16-17,27,34H,14-15H2,1-5H3/b28-26+. The molecule has 1 fully saturated rings. The molecule has 1 amide bonds. The number of likely N-dealkylation sites (tertiary alicyclic amines) is 1. The number of carbonyl (C=O) groups excluding carboxylic acids is 2. The fourth-order valence-electron chi connectivity index (χ4n) is 4.64. The van der Waals surface area contributed by atoms with Crippen molar-refractivity contribution in [2.75, 3.05) is 46.9 Å². The molecule has 0 radical (unpaired) electrons. The second-order valence-electron chi connectivity index (χ2n) is 9.26. The van der Waals surface area contributed by atoms with Gasteiger partial charge in [0.25, 0.3) is 11.7 Å². The van der Waals surface area contributed by atoms with E-state index in [0.717, 1.165) is 17.0 Å². The summed E-state index contributed by atoms with van der Waals surface area (Å²) in [6, 6.07) is 17.2. The molecule has 0 aliphatic carbocycles. The van der Waals surface area contributed by atoms with Crippen LogP contribution in [-0.4, -0.2) is 63.7 Å². The van der Waals surface area contributed by atoms with E-state index in [1.54, 1.807) is 7.11 Å². The summed E-state index contributed by atoms with van der Waals surface area (Å²) in [6.07, 6.45) is 0.501. The number of methoxy groups -OCH3 is 3. The predicted molar refractivity (Wildman–Crippen MR) is 151 cm³/mol. The van der Waals surface area contributed by atoms with E-state index in [0.29, 0.717) is 17.7 Å². The van der Waals surface area contributed by atoms with Gasteiger partial charge in [-0.1, -0.05) is 35.9 Å². The van der Waals surface area contributed by atoms with Crippen LogP contribution in [0.1, 0.15) is 22.7 Å². The molecule has 204 valence electrons. The molecule has 0 spiro atoms. The van der Waals surface area contributed by atoms with E-state index in [4.69, 9.17) is 25.8 Å². The van der Waals surface area contributed by atoms with E-state index in [1.807, 2.05) is 67.5 Å². The van der Waals surface area contributed by atoms with Gasteiger partial charge in [0.05, 0.1) is 43.5 Å². The lowest BCUT2D eigenvalue weighted by Crippen LogP contribution is -2.31. The van der Waals surface area contributed by atoms with Crippen molar-refractivity contribution in [3.05, 3.63) is 87.9 Å². The number of aliphatic hydroxyl groups excluding tert-OH is 1. The van der Waals surface area contributed by atoms with Gasteiger partial charge in [-0.2, -0.15) is 0 Å². The first kappa shape index (κ1) is 27.9. The Balaban J connectivity index is 1.82. The maximum atomic E-state index is 13.5. The van der Waals surface area contributed by atoms with Crippen molar-refractivity contribution in [3.63, 3.8) is 0 Å². The highest BCUT2D eigenvalue weighted by Crippen LogP contribution is 2.43. The summed E-state index contributed by atoms with van der Waals surface area (Å²) in [5.41, 5.74) is 2.77. The summed E-state index contributed by atoms with van der Waals surface area (Å²) in [4.78, 5) is 30.3.